The minimum absolute atomic E-state index is 0.0314. The molecule has 0 aliphatic heterocycles. The van der Waals surface area contributed by atoms with Crippen molar-refractivity contribution in [1.29, 1.82) is 0 Å². The zero-order chi connectivity index (χ0) is 35.8. The molecule has 0 saturated heterocycles. The molecule has 51 heavy (non-hydrogen) atoms. The molecule has 2 aliphatic carbocycles. The molecule has 5 aromatic rings. The molecule has 2 aromatic heterocycles. The number of hydrogen-bond acceptors (Lipinski definition) is 8. The van der Waals surface area contributed by atoms with Crippen molar-refractivity contribution in [2.75, 3.05) is 10.6 Å². The van der Waals surface area contributed by atoms with Crippen LogP contribution in [0.2, 0.25) is 0 Å². The number of rotatable bonds is 9. The summed E-state index contributed by atoms with van der Waals surface area (Å²) in [6, 6.07) is 22.7. The molecule has 7 rings (SSSR count). The molecule has 2 atom stereocenters. The number of hydrogen-bond donors (Lipinski definition) is 3. The van der Waals surface area contributed by atoms with Crippen molar-refractivity contribution >= 4 is 44.6 Å². The van der Waals surface area contributed by atoms with Crippen molar-refractivity contribution in [3.8, 4) is 11.3 Å². The number of benzene rings is 3. The van der Waals surface area contributed by atoms with Crippen LogP contribution in [0.1, 0.15) is 81.1 Å². The maximum Gasteiger partial charge on any atom is 0.412 e. The van der Waals surface area contributed by atoms with Gasteiger partial charge in [0.2, 0.25) is 5.95 Å². The average Bonchev–Trinajstić information content (AvgIpc) is 3.87. The number of anilines is 2. The number of nitrogens with zero attached hydrogens (tertiary/aromatic N) is 3. The third kappa shape index (κ3) is 7.75. The van der Waals surface area contributed by atoms with E-state index in [2.05, 4.69) is 16.0 Å². The summed E-state index contributed by atoms with van der Waals surface area (Å²) in [5, 5.41) is 10.2. The van der Waals surface area contributed by atoms with Crippen LogP contribution in [0.15, 0.2) is 96.2 Å². The van der Waals surface area contributed by atoms with Gasteiger partial charge < -0.3 is 15.4 Å². The van der Waals surface area contributed by atoms with E-state index in [1.807, 2.05) is 30.5 Å². The van der Waals surface area contributed by atoms with Gasteiger partial charge in [0.15, 0.2) is 0 Å². The maximum atomic E-state index is 13.8. The first kappa shape index (κ1) is 34.2. The Morgan fingerprint density at radius 1 is 0.882 bits per heavy atom. The van der Waals surface area contributed by atoms with Crippen LogP contribution in [0, 0.1) is 0 Å². The maximum absolute atomic E-state index is 13.8. The Hall–Kier alpha value is -5.23. The van der Waals surface area contributed by atoms with E-state index in [1.54, 1.807) is 81.6 Å². The molecule has 0 bridgehead atoms. The van der Waals surface area contributed by atoms with Gasteiger partial charge in [-0.25, -0.2) is 27.2 Å². The normalized spacial score (nSPS) is 17.9. The summed E-state index contributed by atoms with van der Waals surface area (Å²) in [6.45, 7) is 5.39. The summed E-state index contributed by atoms with van der Waals surface area (Å²) in [5.41, 5.74) is 3.51. The Labute approximate surface area is 297 Å². The Morgan fingerprint density at radius 2 is 1.59 bits per heavy atom. The van der Waals surface area contributed by atoms with E-state index in [-0.39, 0.29) is 22.9 Å². The monoisotopic (exact) mass is 706 g/mol. The van der Waals surface area contributed by atoms with E-state index < -0.39 is 21.7 Å². The predicted octanol–water partition coefficient (Wildman–Crippen LogP) is 7.71. The van der Waals surface area contributed by atoms with Crippen molar-refractivity contribution in [2.24, 2.45) is 0 Å². The molecular weight excluding hydrogens is 665 g/mol. The van der Waals surface area contributed by atoms with Gasteiger partial charge in [-0.2, -0.15) is 0 Å². The molecule has 3 aromatic carbocycles. The summed E-state index contributed by atoms with van der Waals surface area (Å²) in [6.07, 6.45) is 8.46. The lowest BCUT2D eigenvalue weighted by Gasteiger charge is -2.30. The van der Waals surface area contributed by atoms with E-state index in [0.29, 0.717) is 35.1 Å². The SMILES string of the molecule is CC(C)(C)OC(=O)Nc1ccc(C(=O)NC2CCC[C@@H](Nc3ncc(C4CC4)c(-c4cn(S(=O)(=O)c5ccccc5)c5ccccc45)n3)C2)cc1. The lowest BCUT2D eigenvalue weighted by molar-refractivity contribution is 0.0635. The first-order valence-corrected chi connectivity index (χ1v) is 18.8. The fourth-order valence-corrected chi connectivity index (χ4v) is 8.03. The van der Waals surface area contributed by atoms with Crippen molar-refractivity contribution in [3.05, 3.63) is 102 Å². The first-order valence-electron chi connectivity index (χ1n) is 17.4. The Bertz CT molecular complexity index is 2170. The van der Waals surface area contributed by atoms with Crippen LogP contribution < -0.4 is 16.0 Å². The summed E-state index contributed by atoms with van der Waals surface area (Å²) >= 11 is 0. The zero-order valence-electron chi connectivity index (χ0n) is 28.9. The fourth-order valence-electron chi connectivity index (χ4n) is 6.64. The van der Waals surface area contributed by atoms with Gasteiger partial charge in [0.05, 0.1) is 16.1 Å². The van der Waals surface area contributed by atoms with Crippen LogP contribution in [0.4, 0.5) is 16.4 Å². The van der Waals surface area contributed by atoms with Gasteiger partial charge in [-0.15, -0.1) is 0 Å². The highest BCUT2D eigenvalue weighted by molar-refractivity contribution is 7.90. The summed E-state index contributed by atoms with van der Waals surface area (Å²) in [5.74, 6) is 0.624. The lowest BCUT2D eigenvalue weighted by Crippen LogP contribution is -2.42. The van der Waals surface area contributed by atoms with Gasteiger partial charge in [-0.3, -0.25) is 10.1 Å². The molecule has 3 N–H and O–H groups in total. The predicted molar refractivity (Wildman–Crippen MR) is 197 cm³/mol. The average molecular weight is 707 g/mol. The first-order chi connectivity index (χ1) is 24.4. The molecule has 2 saturated carbocycles. The van der Waals surface area contributed by atoms with Gasteiger partial charge in [0, 0.05) is 52.2 Å². The van der Waals surface area contributed by atoms with E-state index in [0.717, 1.165) is 54.3 Å². The Morgan fingerprint density at radius 3 is 2.31 bits per heavy atom. The third-order valence-corrected chi connectivity index (χ3v) is 10.9. The topological polar surface area (TPSA) is 144 Å². The number of ether oxygens (including phenoxy) is 1. The molecule has 2 fully saturated rings. The number of carbonyl (C=O) groups excluding carboxylic acids is 2. The van der Waals surface area contributed by atoms with Crippen LogP contribution >= 0.6 is 0 Å². The number of amides is 2. The third-order valence-electron chi connectivity index (χ3n) is 9.20. The quantitative estimate of drug-likeness (QED) is 0.141. The summed E-state index contributed by atoms with van der Waals surface area (Å²) in [4.78, 5) is 35.2. The van der Waals surface area contributed by atoms with E-state index in [1.165, 1.54) is 3.97 Å². The van der Waals surface area contributed by atoms with Crippen molar-refractivity contribution in [2.45, 2.75) is 87.8 Å². The highest BCUT2D eigenvalue weighted by Gasteiger charge is 2.31. The van der Waals surface area contributed by atoms with Gasteiger partial charge in [0.25, 0.3) is 15.9 Å². The highest BCUT2D eigenvalue weighted by atomic mass is 32.2. The molecule has 2 heterocycles. The Balaban J connectivity index is 1.07. The fraction of sp³-hybridized carbons (Fsp3) is 0.333. The zero-order valence-corrected chi connectivity index (χ0v) is 29.7. The van der Waals surface area contributed by atoms with Crippen LogP contribution in [-0.2, 0) is 14.8 Å². The molecule has 0 radical (unpaired) electrons. The molecule has 12 heteroatoms. The number of fused-ring (bicyclic) bond motifs is 1. The summed E-state index contributed by atoms with van der Waals surface area (Å²) < 4.78 is 34.3. The van der Waals surface area contributed by atoms with Gasteiger partial charge in [-0.05, 0) is 108 Å². The number of carbonyl (C=O) groups is 2. The van der Waals surface area contributed by atoms with Crippen molar-refractivity contribution in [1.82, 2.24) is 19.3 Å². The number of aromatic nitrogens is 3. The largest absolute Gasteiger partial charge is 0.444 e. The van der Waals surface area contributed by atoms with Crippen molar-refractivity contribution in [3.63, 3.8) is 0 Å². The standard InChI is InChI=1S/C39H42N6O5S/c1-39(2,3)50-38(47)43-27-20-18-26(19-21-27)36(46)41-28-10-9-11-29(22-28)42-37-40-23-32(25-16-17-25)35(44-37)33-24-45(34-15-8-7-14-31(33)34)51(48,49)30-12-5-4-6-13-30/h4-8,12-15,18-21,23-25,28-29H,9-11,16-17,22H2,1-3H3,(H,41,46)(H,43,47)(H,40,42,44)/t28?,29-/m1/s1. The second-order valence-electron chi connectivity index (χ2n) is 14.3. The molecule has 264 valence electrons. The number of para-hydroxylation sites is 1. The summed E-state index contributed by atoms with van der Waals surface area (Å²) in [7, 11) is -3.85. The van der Waals surface area contributed by atoms with Crippen LogP contribution in [0.5, 0.6) is 0 Å². The molecule has 0 spiro atoms. The van der Waals surface area contributed by atoms with Crippen LogP contribution in [0.25, 0.3) is 22.2 Å². The molecule has 2 amide bonds. The van der Waals surface area contributed by atoms with E-state index >= 15 is 0 Å². The molecule has 1 unspecified atom stereocenters. The van der Waals surface area contributed by atoms with E-state index in [9.17, 15) is 18.0 Å². The van der Waals surface area contributed by atoms with E-state index in [4.69, 9.17) is 14.7 Å². The van der Waals surface area contributed by atoms with Crippen LogP contribution in [-0.4, -0.2) is 52.0 Å². The van der Waals surface area contributed by atoms with Crippen LogP contribution in [0.3, 0.4) is 0 Å². The second kappa shape index (κ2) is 13.8. The molecular formula is C39H42N6O5S. The Kier molecular flexibility index (Phi) is 9.28. The van der Waals surface area contributed by atoms with Gasteiger partial charge in [-0.1, -0.05) is 36.4 Å². The second-order valence-corrected chi connectivity index (χ2v) is 16.1. The van der Waals surface area contributed by atoms with Gasteiger partial charge in [0.1, 0.15) is 5.60 Å². The van der Waals surface area contributed by atoms with Gasteiger partial charge >= 0.3 is 6.09 Å². The highest BCUT2D eigenvalue weighted by Crippen LogP contribution is 2.45. The minimum Gasteiger partial charge on any atom is -0.444 e. The molecule has 2 aliphatic rings. The minimum atomic E-state index is -3.85. The lowest BCUT2D eigenvalue weighted by atomic mass is 9.91. The smallest absolute Gasteiger partial charge is 0.412 e. The molecule has 11 nitrogen and oxygen atoms in total. The van der Waals surface area contributed by atoms with Crippen molar-refractivity contribution < 1.29 is 22.7 Å². The number of nitrogens with one attached hydrogen (secondary N) is 3.